The van der Waals surface area contributed by atoms with Crippen LogP contribution < -0.4 is 10.6 Å². The largest absolute Gasteiger partial charge is 0.378 e. The number of carbonyl (C=O) groups is 2. The Kier molecular flexibility index (Phi) is 4.53. The Morgan fingerprint density at radius 1 is 1.07 bits per heavy atom. The highest BCUT2D eigenvalue weighted by atomic mass is 35.5. The Morgan fingerprint density at radius 3 is 2.37 bits per heavy atom. The summed E-state index contributed by atoms with van der Waals surface area (Å²) in [6.07, 6.45) is -0.274. The van der Waals surface area contributed by atoms with Crippen LogP contribution in [0.3, 0.4) is 0 Å². The number of nitrogens with zero attached hydrogens (tertiary/aromatic N) is 1. The molecule has 2 aromatic carbocycles. The van der Waals surface area contributed by atoms with E-state index in [1.54, 1.807) is 29.2 Å². The number of fused-ring (bicyclic) bond motifs is 1. The Labute approximate surface area is 162 Å². The van der Waals surface area contributed by atoms with E-state index in [0.29, 0.717) is 36.5 Å². The van der Waals surface area contributed by atoms with Gasteiger partial charge in [-0.2, -0.15) is 0 Å². The number of amides is 2. The highest BCUT2D eigenvalue weighted by molar-refractivity contribution is 6.30. The van der Waals surface area contributed by atoms with Crippen LogP contribution in [-0.4, -0.2) is 40.4 Å². The Bertz CT molecular complexity index is 876. The van der Waals surface area contributed by atoms with Gasteiger partial charge >= 0.3 is 0 Å². The first kappa shape index (κ1) is 17.8. The molecule has 2 aromatic rings. The summed E-state index contributed by atoms with van der Waals surface area (Å²) in [5, 5.41) is 17.2. The van der Waals surface area contributed by atoms with Gasteiger partial charge in [0.1, 0.15) is 5.54 Å². The lowest BCUT2D eigenvalue weighted by atomic mass is 9.84. The number of aliphatic hydroxyl groups is 1. The van der Waals surface area contributed by atoms with Gasteiger partial charge in [-0.25, -0.2) is 0 Å². The molecule has 7 heteroatoms. The van der Waals surface area contributed by atoms with Crippen LogP contribution in [0.4, 0.5) is 11.4 Å². The van der Waals surface area contributed by atoms with Crippen molar-refractivity contribution in [2.24, 2.45) is 0 Å². The third kappa shape index (κ3) is 3.26. The maximum absolute atomic E-state index is 12.7. The predicted octanol–water partition coefficient (Wildman–Crippen LogP) is 2.80. The molecular formula is C20H20ClN3O3. The molecule has 0 aromatic heterocycles. The van der Waals surface area contributed by atoms with Gasteiger partial charge in [0, 0.05) is 18.1 Å². The summed E-state index contributed by atoms with van der Waals surface area (Å²) < 4.78 is 0. The van der Waals surface area contributed by atoms with Crippen molar-refractivity contribution in [2.75, 3.05) is 23.7 Å². The summed E-state index contributed by atoms with van der Waals surface area (Å²) in [5.74, 6) is -0.435. The normalized spacial score (nSPS) is 19.0. The van der Waals surface area contributed by atoms with Crippen LogP contribution in [0.25, 0.3) is 0 Å². The van der Waals surface area contributed by atoms with E-state index in [1.807, 2.05) is 24.3 Å². The number of hydrogen-bond acceptors (Lipinski definition) is 4. The molecule has 6 nitrogen and oxygen atoms in total. The molecule has 0 bridgehead atoms. The SMILES string of the molecule is O=C([C@@H](O)c1ccc(Cl)cc1)N1CCC2(CC1)Nc1ccccc1NC2=O. The number of anilines is 2. The number of piperidine rings is 1. The second-order valence-electron chi connectivity index (χ2n) is 6.99. The highest BCUT2D eigenvalue weighted by Crippen LogP contribution is 2.36. The van der Waals surface area contributed by atoms with Crippen molar-refractivity contribution in [3.05, 3.63) is 59.1 Å². The molecule has 0 unspecified atom stereocenters. The second kappa shape index (κ2) is 6.87. The van der Waals surface area contributed by atoms with Crippen molar-refractivity contribution in [2.45, 2.75) is 24.5 Å². The van der Waals surface area contributed by atoms with Gasteiger partial charge in [0.25, 0.3) is 5.91 Å². The lowest BCUT2D eigenvalue weighted by Crippen LogP contribution is -2.59. The number of carbonyl (C=O) groups excluding carboxylic acids is 2. The minimum absolute atomic E-state index is 0.0773. The van der Waals surface area contributed by atoms with E-state index in [-0.39, 0.29) is 11.8 Å². The summed E-state index contributed by atoms with van der Waals surface area (Å²) in [7, 11) is 0. The zero-order chi connectivity index (χ0) is 19.0. The molecule has 2 amide bonds. The zero-order valence-electron chi connectivity index (χ0n) is 14.6. The molecular weight excluding hydrogens is 366 g/mol. The number of likely N-dealkylation sites (tertiary alicyclic amines) is 1. The third-order valence-electron chi connectivity index (χ3n) is 5.33. The molecule has 1 fully saturated rings. The van der Waals surface area contributed by atoms with Crippen molar-refractivity contribution in [1.29, 1.82) is 0 Å². The summed E-state index contributed by atoms with van der Waals surface area (Å²) in [6.45, 7) is 0.790. The van der Waals surface area contributed by atoms with Crippen LogP contribution in [-0.2, 0) is 9.59 Å². The number of para-hydroxylation sites is 2. The minimum Gasteiger partial charge on any atom is -0.378 e. The fourth-order valence-corrected chi connectivity index (χ4v) is 3.81. The monoisotopic (exact) mass is 385 g/mol. The smallest absolute Gasteiger partial charge is 0.256 e. The average Bonchev–Trinajstić information content (AvgIpc) is 2.69. The van der Waals surface area contributed by atoms with Gasteiger partial charge in [0.05, 0.1) is 11.4 Å². The quantitative estimate of drug-likeness (QED) is 0.742. The summed E-state index contributed by atoms with van der Waals surface area (Å²) >= 11 is 5.86. The van der Waals surface area contributed by atoms with Gasteiger partial charge in [-0.1, -0.05) is 35.9 Å². The summed E-state index contributed by atoms with van der Waals surface area (Å²) in [6, 6.07) is 14.1. The molecule has 27 heavy (non-hydrogen) atoms. The van der Waals surface area contributed by atoms with E-state index in [9.17, 15) is 14.7 Å². The van der Waals surface area contributed by atoms with Gasteiger partial charge in [-0.05, 0) is 42.7 Å². The van der Waals surface area contributed by atoms with Gasteiger partial charge < -0.3 is 20.6 Å². The van der Waals surface area contributed by atoms with Crippen molar-refractivity contribution >= 4 is 34.8 Å². The minimum atomic E-state index is -1.23. The van der Waals surface area contributed by atoms with E-state index < -0.39 is 11.6 Å². The Morgan fingerprint density at radius 2 is 1.70 bits per heavy atom. The van der Waals surface area contributed by atoms with Gasteiger partial charge in [0.2, 0.25) is 5.91 Å². The van der Waals surface area contributed by atoms with Crippen LogP contribution in [0.15, 0.2) is 48.5 Å². The number of halogens is 1. The zero-order valence-corrected chi connectivity index (χ0v) is 15.4. The number of rotatable bonds is 2. The summed E-state index contributed by atoms with van der Waals surface area (Å²) in [5.41, 5.74) is 1.44. The van der Waals surface area contributed by atoms with Gasteiger partial charge in [-0.15, -0.1) is 0 Å². The van der Waals surface area contributed by atoms with E-state index in [2.05, 4.69) is 10.6 Å². The first-order chi connectivity index (χ1) is 13.0. The Hall–Kier alpha value is -2.57. The van der Waals surface area contributed by atoms with Crippen molar-refractivity contribution < 1.29 is 14.7 Å². The van der Waals surface area contributed by atoms with Crippen molar-refractivity contribution in [1.82, 2.24) is 4.90 Å². The fourth-order valence-electron chi connectivity index (χ4n) is 3.68. The maximum Gasteiger partial charge on any atom is 0.256 e. The first-order valence-electron chi connectivity index (χ1n) is 8.89. The van der Waals surface area contributed by atoms with Gasteiger partial charge in [-0.3, -0.25) is 9.59 Å². The molecule has 3 N–H and O–H groups in total. The van der Waals surface area contributed by atoms with Gasteiger partial charge in [0.15, 0.2) is 6.10 Å². The van der Waals surface area contributed by atoms with Crippen LogP contribution in [0, 0.1) is 0 Å². The molecule has 0 saturated carbocycles. The number of benzene rings is 2. The molecule has 2 aliphatic heterocycles. The van der Waals surface area contributed by atoms with Crippen molar-refractivity contribution in [3.63, 3.8) is 0 Å². The van der Waals surface area contributed by atoms with Crippen LogP contribution in [0.1, 0.15) is 24.5 Å². The van der Waals surface area contributed by atoms with Crippen LogP contribution in [0.5, 0.6) is 0 Å². The first-order valence-corrected chi connectivity index (χ1v) is 9.27. The van der Waals surface area contributed by atoms with Crippen LogP contribution >= 0.6 is 11.6 Å². The topological polar surface area (TPSA) is 81.7 Å². The molecule has 140 valence electrons. The molecule has 0 aliphatic carbocycles. The van der Waals surface area contributed by atoms with E-state index in [4.69, 9.17) is 11.6 Å². The molecule has 2 aliphatic rings. The predicted molar refractivity (Wildman–Crippen MR) is 104 cm³/mol. The van der Waals surface area contributed by atoms with E-state index >= 15 is 0 Å². The molecule has 1 atom stereocenters. The van der Waals surface area contributed by atoms with E-state index in [0.717, 1.165) is 11.4 Å². The highest BCUT2D eigenvalue weighted by Gasteiger charge is 2.45. The molecule has 4 rings (SSSR count). The molecule has 1 saturated heterocycles. The lowest BCUT2D eigenvalue weighted by molar-refractivity contribution is -0.143. The molecule has 2 heterocycles. The standard InChI is InChI=1S/C20H20ClN3O3/c21-14-7-5-13(6-8-14)17(25)18(26)24-11-9-20(10-12-24)19(27)22-15-3-1-2-4-16(15)23-20/h1-8,17,23,25H,9-12H2,(H,22,27)/t17-/m0/s1. The molecule has 1 spiro atoms. The second-order valence-corrected chi connectivity index (χ2v) is 7.42. The third-order valence-corrected chi connectivity index (χ3v) is 5.58. The summed E-state index contributed by atoms with van der Waals surface area (Å²) in [4.78, 5) is 26.9. The lowest BCUT2D eigenvalue weighted by Gasteiger charge is -2.44. The fraction of sp³-hybridized carbons (Fsp3) is 0.300. The van der Waals surface area contributed by atoms with E-state index in [1.165, 1.54) is 0 Å². The number of hydrogen-bond donors (Lipinski definition) is 3. The van der Waals surface area contributed by atoms with Crippen molar-refractivity contribution in [3.8, 4) is 0 Å². The van der Waals surface area contributed by atoms with Crippen LogP contribution in [0.2, 0.25) is 5.02 Å². The average molecular weight is 386 g/mol. The molecule has 0 radical (unpaired) electrons. The maximum atomic E-state index is 12.7. The Balaban J connectivity index is 1.45. The number of nitrogens with one attached hydrogen (secondary N) is 2. The number of aliphatic hydroxyl groups excluding tert-OH is 1.